The molecule has 0 fully saturated rings. The predicted molar refractivity (Wildman–Crippen MR) is 92.6 cm³/mol. The number of rotatable bonds is 4. The Hall–Kier alpha value is -1.74. The number of aryl methyl sites for hydroxylation is 2. The largest absolute Gasteiger partial charge is 0.345 e. The molecule has 0 saturated heterocycles. The highest BCUT2D eigenvalue weighted by molar-refractivity contribution is 7.98. The lowest BCUT2D eigenvalue weighted by Crippen LogP contribution is -2.27. The first-order valence-electron chi connectivity index (χ1n) is 7.74. The van der Waals surface area contributed by atoms with Crippen molar-refractivity contribution in [3.05, 3.63) is 64.7 Å². The quantitative estimate of drug-likeness (QED) is 0.849. The van der Waals surface area contributed by atoms with E-state index in [0.29, 0.717) is 0 Å². The van der Waals surface area contributed by atoms with Crippen molar-refractivity contribution in [3.8, 4) is 0 Å². The molecule has 1 atom stereocenters. The number of hydrogen-bond acceptors (Lipinski definition) is 2. The topological polar surface area (TPSA) is 29.1 Å². The van der Waals surface area contributed by atoms with Crippen molar-refractivity contribution in [1.82, 2.24) is 5.32 Å². The summed E-state index contributed by atoms with van der Waals surface area (Å²) in [4.78, 5) is 13.5. The molecule has 1 unspecified atom stereocenters. The van der Waals surface area contributed by atoms with Crippen LogP contribution in [0.3, 0.4) is 0 Å². The van der Waals surface area contributed by atoms with E-state index in [4.69, 9.17) is 0 Å². The number of thioether (sulfide) groups is 1. The third-order valence-corrected chi connectivity index (χ3v) is 5.12. The number of hydrogen-bond donors (Lipinski definition) is 1. The van der Waals surface area contributed by atoms with Crippen LogP contribution in [0.1, 0.15) is 46.4 Å². The maximum atomic E-state index is 12.5. The van der Waals surface area contributed by atoms with Crippen LogP contribution in [0.2, 0.25) is 0 Å². The Bertz CT molecular complexity index is 696. The zero-order chi connectivity index (χ0) is 15.5. The van der Waals surface area contributed by atoms with E-state index < -0.39 is 0 Å². The number of carbonyl (C=O) groups excluding carboxylic acids is 1. The molecule has 0 saturated carbocycles. The molecular weight excluding hydrogens is 290 g/mol. The zero-order valence-electron chi connectivity index (χ0n) is 13.1. The molecule has 22 heavy (non-hydrogen) atoms. The molecule has 1 aliphatic rings. The van der Waals surface area contributed by atoms with E-state index >= 15 is 0 Å². The minimum Gasteiger partial charge on any atom is -0.345 e. The van der Waals surface area contributed by atoms with E-state index in [0.717, 1.165) is 10.5 Å². The highest BCUT2D eigenvalue weighted by Gasteiger charge is 2.16. The summed E-state index contributed by atoms with van der Waals surface area (Å²) in [5.74, 6) is -0.00190. The lowest BCUT2D eigenvalue weighted by molar-refractivity contribution is 0.0937. The molecule has 2 nitrogen and oxygen atoms in total. The van der Waals surface area contributed by atoms with Gasteiger partial charge in [0.25, 0.3) is 5.91 Å². The van der Waals surface area contributed by atoms with Crippen LogP contribution in [0, 0.1) is 0 Å². The van der Waals surface area contributed by atoms with Gasteiger partial charge in [-0.15, -0.1) is 11.8 Å². The number of benzene rings is 2. The Kier molecular flexibility index (Phi) is 4.53. The summed E-state index contributed by atoms with van der Waals surface area (Å²) in [6.45, 7) is 2.05. The van der Waals surface area contributed by atoms with Gasteiger partial charge in [0.05, 0.1) is 11.6 Å². The Balaban J connectivity index is 1.76. The average Bonchev–Trinajstić information content (AvgIpc) is 3.02. The monoisotopic (exact) mass is 311 g/mol. The van der Waals surface area contributed by atoms with Crippen molar-refractivity contribution in [2.24, 2.45) is 0 Å². The van der Waals surface area contributed by atoms with Gasteiger partial charge >= 0.3 is 0 Å². The normalized spacial score (nSPS) is 14.5. The van der Waals surface area contributed by atoms with Crippen molar-refractivity contribution in [1.29, 1.82) is 0 Å². The molecule has 114 valence electrons. The number of amides is 1. The minimum atomic E-state index is -0.00190. The summed E-state index contributed by atoms with van der Waals surface area (Å²) < 4.78 is 0. The van der Waals surface area contributed by atoms with Gasteiger partial charge in [0.1, 0.15) is 0 Å². The van der Waals surface area contributed by atoms with Crippen LogP contribution >= 0.6 is 11.8 Å². The molecule has 0 radical (unpaired) electrons. The van der Waals surface area contributed by atoms with E-state index in [1.807, 2.05) is 30.5 Å². The number of nitrogens with one attached hydrogen (secondary N) is 1. The first kappa shape index (κ1) is 15.2. The average molecular weight is 311 g/mol. The van der Waals surface area contributed by atoms with Crippen LogP contribution in [0.4, 0.5) is 0 Å². The third kappa shape index (κ3) is 3.05. The molecule has 2 aromatic carbocycles. The minimum absolute atomic E-state index is 0.00190. The van der Waals surface area contributed by atoms with Gasteiger partial charge in [0, 0.05) is 4.90 Å². The van der Waals surface area contributed by atoms with E-state index in [-0.39, 0.29) is 11.9 Å². The Labute approximate surface area is 136 Å². The number of carbonyl (C=O) groups is 1. The Morgan fingerprint density at radius 2 is 1.91 bits per heavy atom. The molecule has 0 bridgehead atoms. The Morgan fingerprint density at radius 1 is 1.14 bits per heavy atom. The molecule has 0 aromatic heterocycles. The number of fused-ring (bicyclic) bond motifs is 1. The first-order chi connectivity index (χ1) is 10.7. The van der Waals surface area contributed by atoms with Crippen LogP contribution in [-0.4, -0.2) is 12.2 Å². The molecule has 1 amide bonds. The Morgan fingerprint density at radius 3 is 2.73 bits per heavy atom. The molecular formula is C19H21NOS. The van der Waals surface area contributed by atoms with E-state index in [1.165, 1.54) is 36.0 Å². The van der Waals surface area contributed by atoms with E-state index in [2.05, 4.69) is 30.4 Å². The maximum absolute atomic E-state index is 12.5. The molecule has 1 aliphatic carbocycles. The lowest BCUT2D eigenvalue weighted by Gasteiger charge is -2.16. The molecule has 3 rings (SSSR count). The van der Waals surface area contributed by atoms with Crippen molar-refractivity contribution < 1.29 is 4.79 Å². The standard InChI is InChI=1S/C19H21NOS/c1-13(15-11-10-14-6-5-7-16(14)12-15)20-19(21)17-8-3-4-9-18(17)22-2/h3-4,8-13H,5-7H2,1-2H3,(H,20,21). The van der Waals surface area contributed by atoms with Gasteiger partial charge in [-0.25, -0.2) is 0 Å². The second-order valence-corrected chi connectivity index (χ2v) is 6.63. The second-order valence-electron chi connectivity index (χ2n) is 5.78. The predicted octanol–water partition coefficient (Wildman–Crippen LogP) is 4.39. The molecule has 0 spiro atoms. The van der Waals surface area contributed by atoms with Crippen molar-refractivity contribution in [2.75, 3.05) is 6.26 Å². The van der Waals surface area contributed by atoms with Crippen molar-refractivity contribution in [3.63, 3.8) is 0 Å². The molecule has 3 heteroatoms. The zero-order valence-corrected chi connectivity index (χ0v) is 13.9. The van der Waals surface area contributed by atoms with E-state index in [9.17, 15) is 4.79 Å². The summed E-state index contributed by atoms with van der Waals surface area (Å²) in [5.41, 5.74) is 4.86. The molecule has 0 heterocycles. The highest BCUT2D eigenvalue weighted by atomic mass is 32.2. The van der Waals surface area contributed by atoms with Gasteiger partial charge in [-0.3, -0.25) is 4.79 Å². The van der Waals surface area contributed by atoms with Gasteiger partial charge in [0.15, 0.2) is 0 Å². The smallest absolute Gasteiger partial charge is 0.252 e. The van der Waals surface area contributed by atoms with Crippen LogP contribution in [-0.2, 0) is 12.8 Å². The van der Waals surface area contributed by atoms with Gasteiger partial charge in [-0.05, 0) is 61.3 Å². The van der Waals surface area contributed by atoms with Gasteiger partial charge in [-0.2, -0.15) is 0 Å². The SMILES string of the molecule is CSc1ccccc1C(=O)NC(C)c1ccc2c(c1)CCC2. The lowest BCUT2D eigenvalue weighted by atomic mass is 10.0. The fourth-order valence-corrected chi connectivity index (χ4v) is 3.65. The van der Waals surface area contributed by atoms with Gasteiger partial charge in [-0.1, -0.05) is 30.3 Å². The van der Waals surface area contributed by atoms with Crippen molar-refractivity contribution in [2.45, 2.75) is 37.1 Å². The van der Waals surface area contributed by atoms with Crippen molar-refractivity contribution >= 4 is 17.7 Å². The highest BCUT2D eigenvalue weighted by Crippen LogP contribution is 2.26. The van der Waals surface area contributed by atoms with Crippen LogP contribution < -0.4 is 5.32 Å². The third-order valence-electron chi connectivity index (χ3n) is 4.32. The fourth-order valence-electron chi connectivity index (χ4n) is 3.05. The first-order valence-corrected chi connectivity index (χ1v) is 8.97. The fraction of sp³-hybridized carbons (Fsp3) is 0.316. The second kappa shape index (κ2) is 6.57. The summed E-state index contributed by atoms with van der Waals surface area (Å²) in [6, 6.07) is 14.4. The summed E-state index contributed by atoms with van der Waals surface area (Å²) in [6.07, 6.45) is 5.60. The van der Waals surface area contributed by atoms with Gasteiger partial charge in [0.2, 0.25) is 0 Å². The van der Waals surface area contributed by atoms with E-state index in [1.54, 1.807) is 11.8 Å². The summed E-state index contributed by atoms with van der Waals surface area (Å²) in [5, 5.41) is 3.13. The van der Waals surface area contributed by atoms with Crippen LogP contribution in [0.25, 0.3) is 0 Å². The van der Waals surface area contributed by atoms with Crippen LogP contribution in [0.5, 0.6) is 0 Å². The maximum Gasteiger partial charge on any atom is 0.252 e. The summed E-state index contributed by atoms with van der Waals surface area (Å²) >= 11 is 1.60. The van der Waals surface area contributed by atoms with Gasteiger partial charge < -0.3 is 5.32 Å². The molecule has 1 N–H and O–H groups in total. The summed E-state index contributed by atoms with van der Waals surface area (Å²) in [7, 11) is 0. The van der Waals surface area contributed by atoms with Crippen LogP contribution in [0.15, 0.2) is 47.4 Å². The molecule has 0 aliphatic heterocycles. The molecule has 2 aromatic rings.